The summed E-state index contributed by atoms with van der Waals surface area (Å²) in [5, 5.41) is 1.98. The van der Waals surface area contributed by atoms with Crippen LogP contribution in [0.4, 0.5) is 5.69 Å². The van der Waals surface area contributed by atoms with Gasteiger partial charge in [-0.2, -0.15) is 0 Å². The number of carbonyl (C=O) groups excluding carboxylic acids is 1. The number of carbonyl (C=O) groups is 1. The molecule has 28 heavy (non-hydrogen) atoms. The highest BCUT2D eigenvalue weighted by molar-refractivity contribution is 7.92. The number of benzene rings is 2. The fourth-order valence-corrected chi connectivity index (χ4v) is 4.61. The van der Waals surface area contributed by atoms with Crippen LogP contribution in [0.25, 0.3) is 0 Å². The van der Waals surface area contributed by atoms with E-state index in [2.05, 4.69) is 4.72 Å². The molecule has 0 atom stereocenters. The van der Waals surface area contributed by atoms with E-state index in [1.54, 1.807) is 65.7 Å². The predicted molar refractivity (Wildman–Crippen MR) is 113 cm³/mol. The minimum absolute atomic E-state index is 0.114. The molecule has 3 rings (SSSR count). The number of anilines is 1. The quantitative estimate of drug-likeness (QED) is 0.648. The molecule has 1 aromatic heterocycles. The summed E-state index contributed by atoms with van der Waals surface area (Å²) in [6.45, 7) is 4.35. The number of hydrogen-bond acceptors (Lipinski definition) is 4. The lowest BCUT2D eigenvalue weighted by atomic mass is 10.1. The van der Waals surface area contributed by atoms with Crippen molar-refractivity contribution in [3.8, 4) is 0 Å². The van der Waals surface area contributed by atoms with Crippen LogP contribution in [0.5, 0.6) is 0 Å². The van der Waals surface area contributed by atoms with E-state index in [1.807, 2.05) is 31.4 Å². The first kappa shape index (κ1) is 20.1. The monoisotopic (exact) mass is 414 g/mol. The molecule has 7 heteroatoms. The molecule has 0 radical (unpaired) electrons. The maximum Gasteiger partial charge on any atom is 0.261 e. The summed E-state index contributed by atoms with van der Waals surface area (Å²) < 4.78 is 27.7. The zero-order chi connectivity index (χ0) is 20.3. The van der Waals surface area contributed by atoms with Crippen LogP contribution in [-0.4, -0.2) is 26.3 Å². The minimum atomic E-state index is -3.68. The standard InChI is InChI=1S/C21H22N2O3S2/c1-15-6-11-20(13-16(15)2)28(25,26)22-18-9-7-17(8-10-18)21(24)23(3)14-19-5-4-12-27-19/h4-13,22H,14H2,1-3H3. The molecule has 1 amide bonds. The Labute approximate surface area is 169 Å². The van der Waals surface area contributed by atoms with Crippen LogP contribution in [0.2, 0.25) is 0 Å². The zero-order valence-electron chi connectivity index (χ0n) is 16.0. The van der Waals surface area contributed by atoms with Gasteiger partial charge in [0, 0.05) is 23.2 Å². The summed E-state index contributed by atoms with van der Waals surface area (Å²) in [4.78, 5) is 15.5. The molecule has 0 saturated heterocycles. The molecule has 0 aliphatic heterocycles. The van der Waals surface area contributed by atoms with Crippen molar-refractivity contribution in [2.24, 2.45) is 0 Å². The molecule has 5 nitrogen and oxygen atoms in total. The number of thiophene rings is 1. The lowest BCUT2D eigenvalue weighted by Gasteiger charge is -2.16. The average molecular weight is 415 g/mol. The lowest BCUT2D eigenvalue weighted by molar-refractivity contribution is 0.0786. The minimum Gasteiger partial charge on any atom is -0.337 e. The van der Waals surface area contributed by atoms with E-state index in [4.69, 9.17) is 0 Å². The Kier molecular flexibility index (Phi) is 5.86. The predicted octanol–water partition coefficient (Wildman–Crippen LogP) is 4.44. The van der Waals surface area contributed by atoms with Gasteiger partial charge >= 0.3 is 0 Å². The summed E-state index contributed by atoms with van der Waals surface area (Å²) in [7, 11) is -1.93. The average Bonchev–Trinajstić information content (AvgIpc) is 3.16. The van der Waals surface area contributed by atoms with E-state index in [0.717, 1.165) is 16.0 Å². The van der Waals surface area contributed by atoms with Crippen LogP contribution in [-0.2, 0) is 16.6 Å². The van der Waals surface area contributed by atoms with Crippen molar-refractivity contribution in [2.45, 2.75) is 25.3 Å². The molecule has 1 heterocycles. The first-order valence-electron chi connectivity index (χ1n) is 8.74. The largest absolute Gasteiger partial charge is 0.337 e. The van der Waals surface area contributed by atoms with Crippen LogP contribution in [0.15, 0.2) is 64.9 Å². The molecule has 0 aliphatic carbocycles. The van der Waals surface area contributed by atoms with E-state index >= 15 is 0 Å². The van der Waals surface area contributed by atoms with Gasteiger partial charge in [0.25, 0.3) is 15.9 Å². The van der Waals surface area contributed by atoms with Crippen molar-refractivity contribution >= 4 is 33.0 Å². The Hall–Kier alpha value is -2.64. The number of nitrogens with zero attached hydrogens (tertiary/aromatic N) is 1. The van der Waals surface area contributed by atoms with Gasteiger partial charge in [0.1, 0.15) is 0 Å². The van der Waals surface area contributed by atoms with Crippen molar-refractivity contribution < 1.29 is 13.2 Å². The molecule has 0 bridgehead atoms. The third kappa shape index (κ3) is 4.61. The van der Waals surface area contributed by atoms with Gasteiger partial charge in [-0.25, -0.2) is 8.42 Å². The van der Waals surface area contributed by atoms with E-state index < -0.39 is 10.0 Å². The van der Waals surface area contributed by atoms with Gasteiger partial charge in [-0.05, 0) is 72.8 Å². The molecule has 146 valence electrons. The van der Waals surface area contributed by atoms with Crippen LogP contribution >= 0.6 is 11.3 Å². The molecular weight excluding hydrogens is 392 g/mol. The summed E-state index contributed by atoms with van der Waals surface area (Å²) in [6, 6.07) is 15.4. The van der Waals surface area contributed by atoms with Gasteiger partial charge in [-0.1, -0.05) is 12.1 Å². The van der Waals surface area contributed by atoms with Crippen molar-refractivity contribution in [1.82, 2.24) is 4.90 Å². The molecule has 3 aromatic rings. The van der Waals surface area contributed by atoms with Crippen LogP contribution in [0, 0.1) is 13.8 Å². The summed E-state index contributed by atoms with van der Waals surface area (Å²) in [5.74, 6) is -0.114. The van der Waals surface area contributed by atoms with E-state index in [1.165, 1.54) is 0 Å². The van der Waals surface area contributed by atoms with Crippen molar-refractivity contribution in [3.05, 3.63) is 81.5 Å². The maximum absolute atomic E-state index is 12.6. The number of hydrogen-bond donors (Lipinski definition) is 1. The molecule has 1 N–H and O–H groups in total. The molecule has 2 aromatic carbocycles. The highest BCUT2D eigenvalue weighted by Gasteiger charge is 2.16. The second-order valence-electron chi connectivity index (χ2n) is 6.67. The molecule has 0 saturated carbocycles. The van der Waals surface area contributed by atoms with Crippen molar-refractivity contribution in [1.29, 1.82) is 0 Å². The second kappa shape index (κ2) is 8.16. The lowest BCUT2D eigenvalue weighted by Crippen LogP contribution is -2.25. The second-order valence-corrected chi connectivity index (χ2v) is 9.38. The summed E-state index contributed by atoms with van der Waals surface area (Å²) >= 11 is 1.60. The van der Waals surface area contributed by atoms with Gasteiger partial charge < -0.3 is 4.90 Å². The maximum atomic E-state index is 12.6. The fourth-order valence-electron chi connectivity index (χ4n) is 2.70. The molecule has 0 spiro atoms. The molecule has 0 aliphatic rings. The number of aryl methyl sites for hydroxylation is 2. The van der Waals surface area contributed by atoms with Crippen LogP contribution in [0.1, 0.15) is 26.4 Å². The SMILES string of the molecule is Cc1ccc(S(=O)(=O)Nc2ccc(C(=O)N(C)Cc3cccs3)cc2)cc1C. The number of sulfonamides is 1. The first-order chi connectivity index (χ1) is 13.3. The van der Waals surface area contributed by atoms with E-state index in [9.17, 15) is 13.2 Å². The highest BCUT2D eigenvalue weighted by atomic mass is 32.2. The molecule has 0 fully saturated rings. The normalized spacial score (nSPS) is 11.2. The first-order valence-corrected chi connectivity index (χ1v) is 11.1. The Morgan fingerprint density at radius 1 is 1.04 bits per heavy atom. The summed E-state index contributed by atoms with van der Waals surface area (Å²) in [5.41, 5.74) is 2.87. The Morgan fingerprint density at radius 2 is 1.75 bits per heavy atom. The van der Waals surface area contributed by atoms with Crippen LogP contribution in [0.3, 0.4) is 0 Å². The Balaban J connectivity index is 1.71. The summed E-state index contributed by atoms with van der Waals surface area (Å²) in [6.07, 6.45) is 0. The van der Waals surface area contributed by atoms with Gasteiger partial charge in [0.15, 0.2) is 0 Å². The third-order valence-corrected chi connectivity index (χ3v) is 6.73. The fraction of sp³-hybridized carbons (Fsp3) is 0.190. The Bertz CT molecular complexity index is 1070. The van der Waals surface area contributed by atoms with Gasteiger partial charge in [-0.3, -0.25) is 9.52 Å². The zero-order valence-corrected chi connectivity index (χ0v) is 17.6. The number of amides is 1. The van der Waals surface area contributed by atoms with Crippen LogP contribution < -0.4 is 4.72 Å². The Morgan fingerprint density at radius 3 is 2.36 bits per heavy atom. The van der Waals surface area contributed by atoms with E-state index in [-0.39, 0.29) is 10.8 Å². The number of rotatable bonds is 6. The van der Waals surface area contributed by atoms with Gasteiger partial charge in [-0.15, -0.1) is 11.3 Å². The third-order valence-electron chi connectivity index (χ3n) is 4.49. The highest BCUT2D eigenvalue weighted by Crippen LogP contribution is 2.20. The molecule has 0 unspecified atom stereocenters. The van der Waals surface area contributed by atoms with Gasteiger partial charge in [0.2, 0.25) is 0 Å². The van der Waals surface area contributed by atoms with Crippen molar-refractivity contribution in [3.63, 3.8) is 0 Å². The van der Waals surface area contributed by atoms with E-state index in [0.29, 0.717) is 17.8 Å². The number of nitrogens with one attached hydrogen (secondary N) is 1. The van der Waals surface area contributed by atoms with Gasteiger partial charge in [0.05, 0.1) is 11.4 Å². The topological polar surface area (TPSA) is 66.5 Å². The molecular formula is C21H22N2O3S2. The smallest absolute Gasteiger partial charge is 0.261 e. The van der Waals surface area contributed by atoms with Crippen molar-refractivity contribution in [2.75, 3.05) is 11.8 Å².